The molecular weight excluding hydrogens is 454 g/mol. The summed E-state index contributed by atoms with van der Waals surface area (Å²) in [7, 11) is 0. The molecule has 0 aliphatic carbocycles. The minimum absolute atomic E-state index is 0.284. The van der Waals surface area contributed by atoms with Crippen molar-refractivity contribution in [2.75, 3.05) is 13.2 Å². The Hall–Kier alpha value is -3.59. The Bertz CT molecular complexity index is 1020. The molecule has 9 heteroatoms. The molecule has 2 N–H and O–H groups in total. The lowest BCUT2D eigenvalue weighted by Gasteiger charge is -2.10. The Morgan fingerprint density at radius 1 is 0.867 bits per heavy atom. The van der Waals surface area contributed by atoms with Gasteiger partial charge in [-0.3, -0.25) is 20.4 Å². The van der Waals surface area contributed by atoms with E-state index in [9.17, 15) is 14.4 Å². The molecule has 30 heavy (non-hydrogen) atoms. The number of hydrazine groups is 1. The Labute approximate surface area is 180 Å². The number of aromatic nitrogens is 1. The van der Waals surface area contributed by atoms with E-state index in [1.807, 2.05) is 35.2 Å². The highest BCUT2D eigenvalue weighted by Crippen LogP contribution is 2.15. The van der Waals surface area contributed by atoms with Gasteiger partial charge in [0, 0.05) is 22.6 Å². The van der Waals surface area contributed by atoms with Crippen molar-refractivity contribution in [1.82, 2.24) is 15.4 Å². The summed E-state index contributed by atoms with van der Waals surface area (Å²) in [6.07, 6.45) is 3.70. The number of carbonyl (C=O) groups excluding carboxylic acids is 3. The topological polar surface area (TPSA) is 98.7 Å². The average molecular weight is 472 g/mol. The Morgan fingerprint density at radius 3 is 2.23 bits per heavy atom. The second-order valence-electron chi connectivity index (χ2n) is 6.06. The van der Waals surface area contributed by atoms with Crippen LogP contribution in [0.4, 0.5) is 0 Å². The van der Waals surface area contributed by atoms with Gasteiger partial charge in [0.2, 0.25) is 0 Å². The zero-order valence-corrected chi connectivity index (χ0v) is 17.3. The molecule has 3 rings (SSSR count). The molecule has 0 fully saturated rings. The number of benzene rings is 2. The molecule has 1 heterocycles. The van der Waals surface area contributed by atoms with Crippen LogP contribution in [0.15, 0.2) is 77.5 Å². The van der Waals surface area contributed by atoms with Crippen LogP contribution in [0.5, 0.6) is 5.75 Å². The molecule has 2 amide bonds. The molecule has 0 saturated carbocycles. The van der Waals surface area contributed by atoms with Crippen molar-refractivity contribution in [3.8, 4) is 11.4 Å². The van der Waals surface area contributed by atoms with Crippen molar-refractivity contribution < 1.29 is 23.9 Å². The number of carbonyl (C=O) groups is 3. The van der Waals surface area contributed by atoms with E-state index in [0.29, 0.717) is 11.3 Å². The summed E-state index contributed by atoms with van der Waals surface area (Å²) in [5.41, 5.74) is 5.44. The lowest BCUT2D eigenvalue weighted by Crippen LogP contribution is -2.45. The molecule has 0 aliphatic heterocycles. The highest BCUT2D eigenvalue weighted by Gasteiger charge is 2.12. The van der Waals surface area contributed by atoms with Gasteiger partial charge >= 0.3 is 5.97 Å². The zero-order valence-electron chi connectivity index (χ0n) is 15.7. The van der Waals surface area contributed by atoms with Crippen LogP contribution in [0, 0.1) is 0 Å². The Balaban J connectivity index is 1.40. The summed E-state index contributed by atoms with van der Waals surface area (Å²) >= 11 is 3.30. The summed E-state index contributed by atoms with van der Waals surface area (Å²) in [6, 6.07) is 17.5. The first kappa shape index (κ1) is 21.1. The fourth-order valence-corrected chi connectivity index (χ4v) is 2.67. The standard InChI is InChI=1S/C21H18BrN3O5/c22-16-6-8-18(9-7-16)29-13-19(26)23-24-20(27)14-30-21(28)15-4-3-5-17(12-15)25-10-1-2-11-25/h1-12H,13-14H2,(H,23,26)(H,24,27). The van der Waals surface area contributed by atoms with Crippen molar-refractivity contribution in [2.45, 2.75) is 0 Å². The third-order valence-electron chi connectivity index (χ3n) is 3.84. The molecular formula is C21H18BrN3O5. The number of hydrogen-bond donors (Lipinski definition) is 2. The molecule has 0 spiro atoms. The van der Waals surface area contributed by atoms with Crippen LogP contribution in [-0.2, 0) is 14.3 Å². The van der Waals surface area contributed by atoms with Crippen LogP contribution in [0.25, 0.3) is 5.69 Å². The number of rotatable bonds is 7. The number of hydrogen-bond acceptors (Lipinski definition) is 5. The van der Waals surface area contributed by atoms with Gasteiger partial charge in [0.25, 0.3) is 11.8 Å². The minimum atomic E-state index is -0.679. The van der Waals surface area contributed by atoms with E-state index in [-0.39, 0.29) is 6.61 Å². The second kappa shape index (κ2) is 10.3. The third kappa shape index (κ3) is 6.21. The van der Waals surface area contributed by atoms with E-state index in [0.717, 1.165) is 10.2 Å². The quantitative estimate of drug-likeness (QED) is 0.407. The first-order valence-electron chi connectivity index (χ1n) is 8.88. The molecule has 0 aliphatic rings. The normalized spacial score (nSPS) is 10.2. The van der Waals surface area contributed by atoms with E-state index in [2.05, 4.69) is 26.8 Å². The molecule has 2 aromatic carbocycles. The largest absolute Gasteiger partial charge is 0.484 e. The average Bonchev–Trinajstić information content (AvgIpc) is 3.31. The maximum atomic E-state index is 12.2. The maximum Gasteiger partial charge on any atom is 0.338 e. The van der Waals surface area contributed by atoms with E-state index < -0.39 is 24.4 Å². The van der Waals surface area contributed by atoms with Gasteiger partial charge in [0.05, 0.1) is 5.56 Å². The van der Waals surface area contributed by atoms with Gasteiger partial charge in [-0.1, -0.05) is 22.0 Å². The third-order valence-corrected chi connectivity index (χ3v) is 4.37. The predicted octanol–water partition coefficient (Wildman–Crippen LogP) is 2.62. The smallest absolute Gasteiger partial charge is 0.338 e. The fourth-order valence-electron chi connectivity index (χ4n) is 2.41. The van der Waals surface area contributed by atoms with Gasteiger partial charge in [0.1, 0.15) is 5.75 Å². The van der Waals surface area contributed by atoms with Gasteiger partial charge in [-0.2, -0.15) is 0 Å². The van der Waals surface area contributed by atoms with E-state index >= 15 is 0 Å². The summed E-state index contributed by atoms with van der Waals surface area (Å²) in [5, 5.41) is 0. The van der Waals surface area contributed by atoms with Crippen molar-refractivity contribution in [3.63, 3.8) is 0 Å². The molecule has 0 unspecified atom stereocenters. The van der Waals surface area contributed by atoms with Crippen LogP contribution in [0.3, 0.4) is 0 Å². The number of esters is 1. The Kier molecular flexibility index (Phi) is 7.23. The monoisotopic (exact) mass is 471 g/mol. The van der Waals surface area contributed by atoms with Gasteiger partial charge in [-0.05, 0) is 54.6 Å². The Morgan fingerprint density at radius 2 is 1.53 bits per heavy atom. The number of ether oxygens (including phenoxy) is 2. The lowest BCUT2D eigenvalue weighted by molar-refractivity contribution is -0.131. The molecule has 154 valence electrons. The van der Waals surface area contributed by atoms with Crippen molar-refractivity contribution >= 4 is 33.7 Å². The SMILES string of the molecule is O=C(COC(=O)c1cccc(-n2cccc2)c1)NNC(=O)COc1ccc(Br)cc1. The van der Waals surface area contributed by atoms with Gasteiger partial charge in [-0.25, -0.2) is 4.79 Å². The lowest BCUT2D eigenvalue weighted by atomic mass is 10.2. The second-order valence-corrected chi connectivity index (χ2v) is 6.97. The van der Waals surface area contributed by atoms with Crippen LogP contribution in [0.2, 0.25) is 0 Å². The first-order chi connectivity index (χ1) is 14.5. The van der Waals surface area contributed by atoms with E-state index in [4.69, 9.17) is 9.47 Å². The summed E-state index contributed by atoms with van der Waals surface area (Å²) in [4.78, 5) is 35.7. The molecule has 1 aromatic heterocycles. The highest BCUT2D eigenvalue weighted by atomic mass is 79.9. The maximum absolute atomic E-state index is 12.2. The fraction of sp³-hybridized carbons (Fsp3) is 0.0952. The first-order valence-corrected chi connectivity index (χ1v) is 9.67. The molecule has 0 radical (unpaired) electrons. The number of amides is 2. The van der Waals surface area contributed by atoms with Crippen molar-refractivity contribution in [2.24, 2.45) is 0 Å². The molecule has 0 atom stereocenters. The predicted molar refractivity (Wildman–Crippen MR) is 112 cm³/mol. The summed E-state index contributed by atoms with van der Waals surface area (Å²) < 4.78 is 13.0. The zero-order chi connectivity index (χ0) is 21.3. The van der Waals surface area contributed by atoms with E-state index in [1.54, 1.807) is 42.5 Å². The molecule has 0 saturated heterocycles. The number of nitrogens with one attached hydrogen (secondary N) is 2. The minimum Gasteiger partial charge on any atom is -0.484 e. The van der Waals surface area contributed by atoms with Crippen molar-refractivity contribution in [1.29, 1.82) is 0 Å². The highest BCUT2D eigenvalue weighted by molar-refractivity contribution is 9.10. The summed E-state index contributed by atoms with van der Waals surface area (Å²) in [6.45, 7) is -0.825. The van der Waals surface area contributed by atoms with Crippen LogP contribution < -0.4 is 15.6 Å². The molecule has 3 aromatic rings. The number of nitrogens with zero attached hydrogens (tertiary/aromatic N) is 1. The van der Waals surface area contributed by atoms with Gasteiger partial charge < -0.3 is 14.0 Å². The van der Waals surface area contributed by atoms with Gasteiger partial charge in [0.15, 0.2) is 13.2 Å². The summed E-state index contributed by atoms with van der Waals surface area (Å²) in [5.74, 6) is -1.38. The molecule has 8 nitrogen and oxygen atoms in total. The molecule has 0 bridgehead atoms. The van der Waals surface area contributed by atoms with Crippen LogP contribution in [0.1, 0.15) is 10.4 Å². The van der Waals surface area contributed by atoms with Gasteiger partial charge in [-0.15, -0.1) is 0 Å². The van der Waals surface area contributed by atoms with E-state index in [1.165, 1.54) is 0 Å². The number of halogens is 1. The van der Waals surface area contributed by atoms with Crippen LogP contribution >= 0.6 is 15.9 Å². The van der Waals surface area contributed by atoms with Crippen LogP contribution in [-0.4, -0.2) is 35.6 Å². The van der Waals surface area contributed by atoms with Crippen molar-refractivity contribution in [3.05, 3.63) is 83.1 Å².